The summed E-state index contributed by atoms with van der Waals surface area (Å²) >= 11 is 0. The quantitative estimate of drug-likeness (QED) is 0.689. The van der Waals surface area contributed by atoms with Crippen molar-refractivity contribution in [3.05, 3.63) is 22.2 Å². The van der Waals surface area contributed by atoms with Gasteiger partial charge in [0.05, 0.1) is 11.9 Å². The SMILES string of the molecule is CNc1nc[nH]c(=O)c1C(C)C. The van der Waals surface area contributed by atoms with Crippen LogP contribution in [-0.4, -0.2) is 17.0 Å². The van der Waals surface area contributed by atoms with Crippen molar-refractivity contribution >= 4 is 5.82 Å². The Morgan fingerprint density at radius 2 is 2.25 bits per heavy atom. The van der Waals surface area contributed by atoms with Gasteiger partial charge in [0.15, 0.2) is 0 Å². The number of nitrogens with zero attached hydrogens (tertiary/aromatic N) is 1. The second-order valence-electron chi connectivity index (χ2n) is 2.90. The zero-order valence-corrected chi connectivity index (χ0v) is 7.51. The van der Waals surface area contributed by atoms with Crippen molar-refractivity contribution in [3.8, 4) is 0 Å². The van der Waals surface area contributed by atoms with Crippen molar-refractivity contribution in [2.75, 3.05) is 12.4 Å². The molecule has 0 fully saturated rings. The molecular weight excluding hydrogens is 154 g/mol. The molecule has 4 heteroatoms. The van der Waals surface area contributed by atoms with E-state index in [1.165, 1.54) is 6.33 Å². The summed E-state index contributed by atoms with van der Waals surface area (Å²) in [6.45, 7) is 3.93. The molecule has 0 bridgehead atoms. The molecular formula is C8H13N3O. The van der Waals surface area contributed by atoms with Crippen molar-refractivity contribution in [3.63, 3.8) is 0 Å². The Hall–Kier alpha value is -1.32. The molecule has 1 aromatic heterocycles. The smallest absolute Gasteiger partial charge is 0.256 e. The number of aromatic amines is 1. The molecule has 2 N–H and O–H groups in total. The first-order chi connectivity index (χ1) is 5.66. The fourth-order valence-corrected chi connectivity index (χ4v) is 1.15. The topological polar surface area (TPSA) is 57.8 Å². The number of rotatable bonds is 2. The summed E-state index contributed by atoms with van der Waals surface area (Å²) in [6, 6.07) is 0. The second-order valence-corrected chi connectivity index (χ2v) is 2.90. The van der Waals surface area contributed by atoms with E-state index in [0.717, 1.165) is 0 Å². The van der Waals surface area contributed by atoms with Crippen LogP contribution in [0.1, 0.15) is 25.3 Å². The fraction of sp³-hybridized carbons (Fsp3) is 0.500. The van der Waals surface area contributed by atoms with Crippen LogP contribution in [0.25, 0.3) is 0 Å². The molecule has 1 rings (SSSR count). The van der Waals surface area contributed by atoms with Crippen molar-refractivity contribution < 1.29 is 0 Å². The minimum Gasteiger partial charge on any atom is -0.373 e. The van der Waals surface area contributed by atoms with Crippen molar-refractivity contribution in [1.29, 1.82) is 0 Å². The van der Waals surface area contributed by atoms with Crippen LogP contribution in [0.15, 0.2) is 11.1 Å². The molecule has 66 valence electrons. The maximum Gasteiger partial charge on any atom is 0.256 e. The third kappa shape index (κ3) is 1.47. The van der Waals surface area contributed by atoms with E-state index >= 15 is 0 Å². The van der Waals surface area contributed by atoms with Gasteiger partial charge < -0.3 is 10.3 Å². The Morgan fingerprint density at radius 3 is 2.67 bits per heavy atom. The zero-order chi connectivity index (χ0) is 9.14. The van der Waals surface area contributed by atoms with Crippen LogP contribution >= 0.6 is 0 Å². The molecule has 0 atom stereocenters. The van der Waals surface area contributed by atoms with Gasteiger partial charge in [-0.25, -0.2) is 4.98 Å². The van der Waals surface area contributed by atoms with Gasteiger partial charge in [0.25, 0.3) is 5.56 Å². The molecule has 0 radical (unpaired) electrons. The maximum atomic E-state index is 11.3. The third-order valence-electron chi connectivity index (χ3n) is 1.70. The predicted octanol–water partition coefficient (Wildman–Crippen LogP) is 0.935. The fourth-order valence-electron chi connectivity index (χ4n) is 1.15. The molecule has 0 aliphatic rings. The van der Waals surface area contributed by atoms with Gasteiger partial charge in [0.2, 0.25) is 0 Å². The van der Waals surface area contributed by atoms with E-state index in [1.54, 1.807) is 7.05 Å². The molecule has 12 heavy (non-hydrogen) atoms. The van der Waals surface area contributed by atoms with Gasteiger partial charge in [-0.3, -0.25) is 4.79 Å². The summed E-state index contributed by atoms with van der Waals surface area (Å²) in [5.74, 6) is 0.846. The maximum absolute atomic E-state index is 11.3. The highest BCUT2D eigenvalue weighted by molar-refractivity contribution is 5.43. The van der Waals surface area contributed by atoms with Crippen molar-refractivity contribution in [2.24, 2.45) is 0 Å². The highest BCUT2D eigenvalue weighted by Crippen LogP contribution is 2.15. The molecule has 4 nitrogen and oxygen atoms in total. The lowest BCUT2D eigenvalue weighted by molar-refractivity contribution is 0.833. The first-order valence-corrected chi connectivity index (χ1v) is 3.92. The number of anilines is 1. The van der Waals surface area contributed by atoms with E-state index in [0.29, 0.717) is 11.4 Å². The lowest BCUT2D eigenvalue weighted by Gasteiger charge is -2.08. The molecule has 1 heterocycles. The van der Waals surface area contributed by atoms with Crippen LogP contribution < -0.4 is 10.9 Å². The monoisotopic (exact) mass is 167 g/mol. The van der Waals surface area contributed by atoms with Gasteiger partial charge >= 0.3 is 0 Å². The first-order valence-electron chi connectivity index (χ1n) is 3.92. The molecule has 0 saturated heterocycles. The standard InChI is InChI=1S/C8H13N3O/c1-5(2)6-7(9-3)10-4-11-8(6)12/h4-5H,1-3H3,(H2,9,10,11,12). The minimum atomic E-state index is -0.0654. The summed E-state index contributed by atoms with van der Waals surface area (Å²) in [6.07, 6.45) is 1.40. The number of hydrogen-bond donors (Lipinski definition) is 2. The molecule has 0 aromatic carbocycles. The van der Waals surface area contributed by atoms with Gasteiger partial charge in [0, 0.05) is 7.05 Å². The number of aromatic nitrogens is 2. The number of nitrogens with one attached hydrogen (secondary N) is 2. The Morgan fingerprint density at radius 1 is 1.58 bits per heavy atom. The van der Waals surface area contributed by atoms with E-state index in [1.807, 2.05) is 13.8 Å². The Kier molecular flexibility index (Phi) is 2.47. The zero-order valence-electron chi connectivity index (χ0n) is 7.51. The number of H-pyrrole nitrogens is 1. The summed E-state index contributed by atoms with van der Waals surface area (Å²) in [5, 5.41) is 2.89. The summed E-state index contributed by atoms with van der Waals surface area (Å²) in [7, 11) is 1.76. The Labute approximate surface area is 71.0 Å². The van der Waals surface area contributed by atoms with Crippen LogP contribution in [0.4, 0.5) is 5.82 Å². The van der Waals surface area contributed by atoms with E-state index in [4.69, 9.17) is 0 Å². The summed E-state index contributed by atoms with van der Waals surface area (Å²) < 4.78 is 0. The highest BCUT2D eigenvalue weighted by atomic mass is 16.1. The van der Waals surface area contributed by atoms with Crippen LogP contribution in [0.3, 0.4) is 0 Å². The first kappa shape index (κ1) is 8.77. The summed E-state index contributed by atoms with van der Waals surface area (Å²) in [4.78, 5) is 17.9. The largest absolute Gasteiger partial charge is 0.373 e. The Bertz CT molecular complexity index is 316. The van der Waals surface area contributed by atoms with Gasteiger partial charge in [-0.15, -0.1) is 0 Å². The van der Waals surface area contributed by atoms with E-state index in [2.05, 4.69) is 15.3 Å². The van der Waals surface area contributed by atoms with E-state index in [-0.39, 0.29) is 11.5 Å². The molecule has 0 aliphatic heterocycles. The molecule has 0 aliphatic carbocycles. The van der Waals surface area contributed by atoms with Crippen molar-refractivity contribution in [1.82, 2.24) is 9.97 Å². The second kappa shape index (κ2) is 3.38. The molecule has 1 aromatic rings. The lowest BCUT2D eigenvalue weighted by atomic mass is 10.1. The average Bonchev–Trinajstić information content (AvgIpc) is 2.03. The normalized spacial score (nSPS) is 10.3. The molecule has 0 amide bonds. The van der Waals surface area contributed by atoms with E-state index in [9.17, 15) is 4.79 Å². The summed E-state index contributed by atoms with van der Waals surface area (Å²) in [5.41, 5.74) is 0.643. The van der Waals surface area contributed by atoms with Crippen LogP contribution in [0.2, 0.25) is 0 Å². The van der Waals surface area contributed by atoms with Crippen LogP contribution in [0.5, 0.6) is 0 Å². The average molecular weight is 167 g/mol. The van der Waals surface area contributed by atoms with E-state index < -0.39 is 0 Å². The number of hydrogen-bond acceptors (Lipinski definition) is 3. The molecule has 0 spiro atoms. The van der Waals surface area contributed by atoms with Gasteiger partial charge in [-0.2, -0.15) is 0 Å². The predicted molar refractivity (Wildman–Crippen MR) is 48.5 cm³/mol. The van der Waals surface area contributed by atoms with Gasteiger partial charge in [-0.05, 0) is 5.92 Å². The van der Waals surface area contributed by atoms with Gasteiger partial charge in [-0.1, -0.05) is 13.8 Å². The molecule has 0 saturated carbocycles. The van der Waals surface area contributed by atoms with Crippen LogP contribution in [0, 0.1) is 0 Å². The van der Waals surface area contributed by atoms with Crippen LogP contribution in [-0.2, 0) is 0 Å². The van der Waals surface area contributed by atoms with Crippen molar-refractivity contribution in [2.45, 2.75) is 19.8 Å². The minimum absolute atomic E-state index is 0.0654. The molecule has 0 unspecified atom stereocenters. The van der Waals surface area contributed by atoms with Gasteiger partial charge in [0.1, 0.15) is 5.82 Å². The third-order valence-corrected chi connectivity index (χ3v) is 1.70. The Balaban J connectivity index is 3.30. The lowest BCUT2D eigenvalue weighted by Crippen LogP contribution is -2.17. The highest BCUT2D eigenvalue weighted by Gasteiger charge is 2.10.